The lowest BCUT2D eigenvalue weighted by atomic mass is 9.79. The molecule has 0 radical (unpaired) electrons. The number of benzene rings is 1. The van der Waals surface area contributed by atoms with Gasteiger partial charge >= 0.3 is 11.9 Å². The third-order valence-electron chi connectivity index (χ3n) is 3.97. The SMILES string of the molecule is CCOC(=O)C1=C(CO)NC(C)=C(C(=O)O)C1c1ccccc1[N+](=O)[O-]. The van der Waals surface area contributed by atoms with Crippen LogP contribution >= 0.6 is 0 Å². The van der Waals surface area contributed by atoms with Crippen LogP contribution in [-0.2, 0) is 14.3 Å². The smallest absolute Gasteiger partial charge is 0.336 e. The molecule has 1 heterocycles. The molecular weight excluding hydrogens is 344 g/mol. The van der Waals surface area contributed by atoms with Crippen LogP contribution in [0.25, 0.3) is 0 Å². The van der Waals surface area contributed by atoms with E-state index in [-0.39, 0.29) is 40.4 Å². The quantitative estimate of drug-likeness (QED) is 0.392. The number of aliphatic carboxylic acids is 1. The summed E-state index contributed by atoms with van der Waals surface area (Å²) in [5.74, 6) is -3.44. The van der Waals surface area contributed by atoms with Gasteiger partial charge in [-0.2, -0.15) is 0 Å². The van der Waals surface area contributed by atoms with Crippen LogP contribution in [0.1, 0.15) is 25.3 Å². The largest absolute Gasteiger partial charge is 0.478 e. The highest BCUT2D eigenvalue weighted by atomic mass is 16.6. The second-order valence-corrected chi connectivity index (χ2v) is 5.49. The number of hydrogen-bond donors (Lipinski definition) is 3. The number of ether oxygens (including phenoxy) is 1. The van der Waals surface area contributed by atoms with Gasteiger partial charge in [-0.3, -0.25) is 10.1 Å². The van der Waals surface area contributed by atoms with Crippen molar-refractivity contribution in [2.24, 2.45) is 0 Å². The molecule has 0 amide bonds. The predicted molar refractivity (Wildman–Crippen MR) is 90.1 cm³/mol. The van der Waals surface area contributed by atoms with Gasteiger partial charge in [0.25, 0.3) is 5.69 Å². The van der Waals surface area contributed by atoms with E-state index < -0.39 is 29.4 Å². The number of carbonyl (C=O) groups is 2. The van der Waals surface area contributed by atoms with Crippen molar-refractivity contribution in [1.29, 1.82) is 0 Å². The van der Waals surface area contributed by atoms with Gasteiger partial charge in [0.1, 0.15) is 0 Å². The lowest BCUT2D eigenvalue weighted by molar-refractivity contribution is -0.385. The summed E-state index contributed by atoms with van der Waals surface area (Å²) in [5, 5.41) is 33.4. The molecule has 1 aliphatic rings. The summed E-state index contributed by atoms with van der Waals surface area (Å²) in [6.45, 7) is 2.47. The first kappa shape index (κ1) is 19.1. The molecule has 1 unspecified atom stereocenters. The number of nitrogens with zero attached hydrogens (tertiary/aromatic N) is 1. The number of esters is 1. The number of carbonyl (C=O) groups excluding carboxylic acids is 1. The summed E-state index contributed by atoms with van der Waals surface area (Å²) in [4.78, 5) is 35.1. The second-order valence-electron chi connectivity index (χ2n) is 5.49. The van der Waals surface area contributed by atoms with E-state index in [0.717, 1.165) is 0 Å². The zero-order valence-electron chi connectivity index (χ0n) is 14.2. The molecule has 9 heteroatoms. The number of rotatable bonds is 6. The summed E-state index contributed by atoms with van der Waals surface area (Å²) in [6, 6.07) is 5.58. The number of carboxylic acids is 1. The predicted octanol–water partition coefficient (Wildman–Crippen LogP) is 1.45. The maximum Gasteiger partial charge on any atom is 0.336 e. The van der Waals surface area contributed by atoms with Crippen molar-refractivity contribution in [1.82, 2.24) is 5.32 Å². The van der Waals surface area contributed by atoms with E-state index in [1.54, 1.807) is 6.92 Å². The topological polar surface area (TPSA) is 139 Å². The van der Waals surface area contributed by atoms with Crippen LogP contribution in [0.4, 0.5) is 5.69 Å². The Morgan fingerprint density at radius 1 is 1.31 bits per heavy atom. The molecule has 1 aromatic carbocycles. The number of nitrogens with one attached hydrogen (secondary N) is 1. The minimum Gasteiger partial charge on any atom is -0.478 e. The molecule has 26 heavy (non-hydrogen) atoms. The highest BCUT2D eigenvalue weighted by Gasteiger charge is 2.40. The number of nitro benzene ring substituents is 1. The molecule has 138 valence electrons. The Hall–Kier alpha value is -3.20. The van der Waals surface area contributed by atoms with Crippen molar-refractivity contribution >= 4 is 17.6 Å². The van der Waals surface area contributed by atoms with Gasteiger partial charge in [0.05, 0.1) is 40.9 Å². The summed E-state index contributed by atoms with van der Waals surface area (Å²) in [6.07, 6.45) is 0. The van der Waals surface area contributed by atoms with Crippen LogP contribution in [-0.4, -0.2) is 40.3 Å². The first-order valence-corrected chi connectivity index (χ1v) is 7.78. The number of nitro groups is 1. The first-order chi connectivity index (χ1) is 12.3. The normalized spacial score (nSPS) is 17.0. The molecule has 9 nitrogen and oxygen atoms in total. The van der Waals surface area contributed by atoms with E-state index in [2.05, 4.69) is 5.32 Å². The van der Waals surface area contributed by atoms with E-state index in [1.807, 2.05) is 0 Å². The van der Waals surface area contributed by atoms with Gasteiger partial charge in [-0.15, -0.1) is 0 Å². The molecule has 1 aromatic rings. The Morgan fingerprint density at radius 3 is 2.50 bits per heavy atom. The van der Waals surface area contributed by atoms with Gasteiger partial charge in [-0.1, -0.05) is 18.2 Å². The third-order valence-corrected chi connectivity index (χ3v) is 3.97. The molecule has 1 atom stereocenters. The number of hydrogen-bond acceptors (Lipinski definition) is 7. The van der Waals surface area contributed by atoms with Crippen molar-refractivity contribution in [2.45, 2.75) is 19.8 Å². The second kappa shape index (κ2) is 7.79. The van der Waals surface area contributed by atoms with Gasteiger partial charge in [-0.05, 0) is 13.8 Å². The fraction of sp³-hybridized carbons (Fsp3) is 0.294. The number of aliphatic hydroxyl groups excluding tert-OH is 1. The maximum atomic E-state index is 12.5. The number of allylic oxidation sites excluding steroid dienone is 1. The van der Waals surface area contributed by atoms with Crippen LogP contribution < -0.4 is 5.32 Å². The van der Waals surface area contributed by atoms with Crippen molar-refractivity contribution in [3.05, 3.63) is 62.5 Å². The van der Waals surface area contributed by atoms with Crippen molar-refractivity contribution < 1.29 is 29.5 Å². The molecule has 3 N–H and O–H groups in total. The molecule has 0 saturated heterocycles. The van der Waals surface area contributed by atoms with Gasteiger partial charge in [-0.25, -0.2) is 9.59 Å². The Balaban J connectivity index is 2.81. The van der Waals surface area contributed by atoms with Gasteiger partial charge in [0.2, 0.25) is 0 Å². The minimum absolute atomic E-state index is 0.0236. The van der Waals surface area contributed by atoms with Gasteiger partial charge < -0.3 is 20.3 Å². The number of dihydropyridines is 1. The van der Waals surface area contributed by atoms with Crippen LogP contribution in [0.2, 0.25) is 0 Å². The summed E-state index contributed by atoms with van der Waals surface area (Å²) >= 11 is 0. The van der Waals surface area contributed by atoms with Gasteiger partial charge in [0, 0.05) is 17.3 Å². The lowest BCUT2D eigenvalue weighted by Gasteiger charge is -2.29. The molecule has 2 rings (SSSR count). The Kier molecular flexibility index (Phi) is 5.73. The minimum atomic E-state index is -1.34. The zero-order chi connectivity index (χ0) is 19.4. The van der Waals surface area contributed by atoms with E-state index in [9.17, 15) is 29.9 Å². The molecule has 0 saturated carbocycles. The maximum absolute atomic E-state index is 12.5. The highest BCUT2D eigenvalue weighted by molar-refractivity contribution is 5.99. The van der Waals surface area contributed by atoms with Crippen molar-refractivity contribution in [3.8, 4) is 0 Å². The third kappa shape index (κ3) is 3.42. The van der Waals surface area contributed by atoms with Crippen molar-refractivity contribution in [3.63, 3.8) is 0 Å². The highest BCUT2D eigenvalue weighted by Crippen LogP contribution is 2.42. The Morgan fingerprint density at radius 2 is 1.96 bits per heavy atom. The van der Waals surface area contributed by atoms with Gasteiger partial charge in [0.15, 0.2) is 0 Å². The molecule has 0 bridgehead atoms. The monoisotopic (exact) mass is 362 g/mol. The van der Waals surface area contributed by atoms with Crippen LogP contribution in [0.5, 0.6) is 0 Å². The molecule has 0 aromatic heterocycles. The van der Waals surface area contributed by atoms with Crippen LogP contribution in [0, 0.1) is 10.1 Å². The molecule has 0 fully saturated rings. The number of aliphatic hydroxyl groups is 1. The van der Waals surface area contributed by atoms with Crippen molar-refractivity contribution in [2.75, 3.05) is 13.2 Å². The molecule has 0 aliphatic carbocycles. The molecule has 0 spiro atoms. The van der Waals surface area contributed by atoms with E-state index in [1.165, 1.54) is 31.2 Å². The molecular formula is C17H18N2O7. The standard InChI is InChI=1S/C17H18N2O7/c1-3-26-17(23)15-11(8-20)18-9(2)13(16(21)22)14(15)10-6-4-5-7-12(10)19(24)25/h4-7,14,18,20H,3,8H2,1-2H3,(H,21,22). The van der Waals surface area contributed by atoms with E-state index in [0.29, 0.717) is 0 Å². The number of para-hydroxylation sites is 1. The Labute approximate surface area is 148 Å². The molecule has 1 aliphatic heterocycles. The zero-order valence-corrected chi connectivity index (χ0v) is 14.2. The average molecular weight is 362 g/mol. The van der Waals surface area contributed by atoms with E-state index in [4.69, 9.17) is 4.74 Å². The lowest BCUT2D eigenvalue weighted by Crippen LogP contribution is -2.34. The van der Waals surface area contributed by atoms with Crippen LogP contribution in [0.15, 0.2) is 46.8 Å². The van der Waals surface area contributed by atoms with Crippen LogP contribution in [0.3, 0.4) is 0 Å². The summed E-state index contributed by atoms with van der Waals surface area (Å²) in [7, 11) is 0. The fourth-order valence-corrected chi connectivity index (χ4v) is 2.96. The van der Waals surface area contributed by atoms with E-state index >= 15 is 0 Å². The fourth-order valence-electron chi connectivity index (χ4n) is 2.96. The number of carboxylic acid groups (broad SMARTS) is 1. The Bertz CT molecular complexity index is 826. The average Bonchev–Trinajstić information content (AvgIpc) is 2.60. The first-order valence-electron chi connectivity index (χ1n) is 7.78. The summed E-state index contributed by atoms with van der Waals surface area (Å²) in [5.41, 5.74) is -0.451. The summed E-state index contributed by atoms with van der Waals surface area (Å²) < 4.78 is 5.00.